The molecule has 6 heteroatoms. The van der Waals surface area contributed by atoms with E-state index in [0.717, 1.165) is 31.6 Å². The highest BCUT2D eigenvalue weighted by molar-refractivity contribution is 5.68. The van der Waals surface area contributed by atoms with Gasteiger partial charge in [0.25, 0.3) is 0 Å². The maximum absolute atomic E-state index is 12.2. The number of nitrogens with zero attached hydrogens (tertiary/aromatic N) is 2. The van der Waals surface area contributed by atoms with Gasteiger partial charge in [0.1, 0.15) is 11.4 Å². The van der Waals surface area contributed by atoms with Gasteiger partial charge < -0.3 is 19.1 Å². The van der Waals surface area contributed by atoms with Gasteiger partial charge in [-0.25, -0.2) is 9.36 Å². The SMILES string of the molecule is CC(CCOC1CCN(C(=O)OC(C)(C)C)CC1)Oc1cc[n+](Cc2ccccc2)cc1. The fraction of sp³-hybridized carbons (Fsp3) is 0.538. The number of rotatable bonds is 8. The van der Waals surface area contributed by atoms with Crippen molar-refractivity contribution in [1.82, 2.24) is 4.90 Å². The van der Waals surface area contributed by atoms with Crippen LogP contribution in [0, 0.1) is 0 Å². The third-order valence-electron chi connectivity index (χ3n) is 5.38. The second kappa shape index (κ2) is 11.3. The molecule has 32 heavy (non-hydrogen) atoms. The first kappa shape index (κ1) is 24.1. The average Bonchev–Trinajstić information content (AvgIpc) is 2.75. The summed E-state index contributed by atoms with van der Waals surface area (Å²) in [5, 5.41) is 0. The smallest absolute Gasteiger partial charge is 0.410 e. The van der Waals surface area contributed by atoms with Crippen molar-refractivity contribution in [2.75, 3.05) is 19.7 Å². The summed E-state index contributed by atoms with van der Waals surface area (Å²) in [6.07, 6.45) is 6.63. The molecular weight excluding hydrogens is 404 g/mol. The van der Waals surface area contributed by atoms with Gasteiger partial charge in [-0.15, -0.1) is 0 Å². The summed E-state index contributed by atoms with van der Waals surface area (Å²) in [5.41, 5.74) is 0.815. The van der Waals surface area contributed by atoms with Gasteiger partial charge in [-0.05, 0) is 40.5 Å². The molecule has 6 nitrogen and oxygen atoms in total. The molecule has 1 atom stereocenters. The molecular formula is C26H37N2O4+. The second-order valence-corrected chi connectivity index (χ2v) is 9.45. The fourth-order valence-corrected chi connectivity index (χ4v) is 3.65. The van der Waals surface area contributed by atoms with E-state index in [2.05, 4.69) is 35.8 Å². The lowest BCUT2D eigenvalue weighted by atomic mass is 10.1. The molecule has 0 N–H and O–H groups in total. The van der Waals surface area contributed by atoms with Crippen LogP contribution >= 0.6 is 0 Å². The van der Waals surface area contributed by atoms with Crippen molar-refractivity contribution >= 4 is 6.09 Å². The fourth-order valence-electron chi connectivity index (χ4n) is 3.65. The molecule has 0 bridgehead atoms. The summed E-state index contributed by atoms with van der Waals surface area (Å²) in [6, 6.07) is 14.4. The molecule has 2 heterocycles. The number of pyridine rings is 1. The van der Waals surface area contributed by atoms with Crippen molar-refractivity contribution in [3.05, 3.63) is 60.4 Å². The molecule has 1 fully saturated rings. The summed E-state index contributed by atoms with van der Waals surface area (Å²) in [5.74, 6) is 0.868. The van der Waals surface area contributed by atoms with Crippen LogP contribution < -0.4 is 9.30 Å². The lowest BCUT2D eigenvalue weighted by Crippen LogP contribution is -2.43. The second-order valence-electron chi connectivity index (χ2n) is 9.45. The van der Waals surface area contributed by atoms with Gasteiger partial charge in [-0.1, -0.05) is 30.3 Å². The Balaban J connectivity index is 1.32. The van der Waals surface area contributed by atoms with Crippen molar-refractivity contribution in [1.29, 1.82) is 0 Å². The van der Waals surface area contributed by atoms with Crippen LogP contribution in [0.2, 0.25) is 0 Å². The first-order chi connectivity index (χ1) is 15.3. The van der Waals surface area contributed by atoms with Gasteiger partial charge in [0.2, 0.25) is 0 Å². The first-order valence-electron chi connectivity index (χ1n) is 11.6. The number of benzene rings is 1. The molecule has 1 saturated heterocycles. The van der Waals surface area contributed by atoms with E-state index in [9.17, 15) is 4.79 Å². The quantitative estimate of drug-likeness (QED) is 0.562. The molecule has 3 rings (SSSR count). The maximum atomic E-state index is 12.2. The van der Waals surface area contributed by atoms with Crippen molar-refractivity contribution in [2.45, 2.75) is 71.3 Å². The maximum Gasteiger partial charge on any atom is 0.410 e. The van der Waals surface area contributed by atoms with E-state index in [0.29, 0.717) is 19.7 Å². The van der Waals surface area contributed by atoms with E-state index >= 15 is 0 Å². The molecule has 0 aliphatic carbocycles. The zero-order valence-electron chi connectivity index (χ0n) is 19.8. The molecule has 0 spiro atoms. The Morgan fingerprint density at radius 1 is 1.09 bits per heavy atom. The number of hydrogen-bond acceptors (Lipinski definition) is 4. The minimum absolute atomic E-state index is 0.0711. The number of hydrogen-bond donors (Lipinski definition) is 0. The van der Waals surface area contributed by atoms with Crippen LogP contribution in [0.5, 0.6) is 5.75 Å². The molecule has 2 aromatic rings. The Kier molecular flexibility index (Phi) is 8.51. The van der Waals surface area contributed by atoms with Gasteiger partial charge in [-0.3, -0.25) is 0 Å². The number of ether oxygens (including phenoxy) is 3. The lowest BCUT2D eigenvalue weighted by molar-refractivity contribution is -0.688. The Morgan fingerprint density at radius 3 is 2.38 bits per heavy atom. The highest BCUT2D eigenvalue weighted by Gasteiger charge is 2.27. The van der Waals surface area contributed by atoms with Crippen LogP contribution in [0.15, 0.2) is 54.9 Å². The summed E-state index contributed by atoms with van der Waals surface area (Å²) in [7, 11) is 0. The van der Waals surface area contributed by atoms with Gasteiger partial charge in [0.05, 0.1) is 18.8 Å². The molecule has 1 aliphatic rings. The van der Waals surface area contributed by atoms with Gasteiger partial charge in [-0.2, -0.15) is 0 Å². The van der Waals surface area contributed by atoms with E-state index in [1.807, 2.05) is 51.4 Å². The molecule has 1 aromatic heterocycles. The van der Waals surface area contributed by atoms with Crippen molar-refractivity contribution < 1.29 is 23.6 Å². The summed E-state index contributed by atoms with van der Waals surface area (Å²) < 4.78 is 19.7. The number of likely N-dealkylation sites (tertiary alicyclic amines) is 1. The van der Waals surface area contributed by atoms with Gasteiger partial charge in [0.15, 0.2) is 18.9 Å². The number of amides is 1. The third-order valence-corrected chi connectivity index (χ3v) is 5.38. The molecule has 1 aliphatic heterocycles. The van der Waals surface area contributed by atoms with Crippen molar-refractivity contribution in [3.8, 4) is 5.75 Å². The number of piperidine rings is 1. The Hall–Kier alpha value is -2.60. The zero-order chi connectivity index (χ0) is 23.0. The first-order valence-corrected chi connectivity index (χ1v) is 11.6. The topological polar surface area (TPSA) is 51.9 Å². The number of carbonyl (C=O) groups is 1. The predicted octanol–water partition coefficient (Wildman–Crippen LogP) is 4.60. The number of carbonyl (C=O) groups excluding carboxylic acids is 1. The van der Waals surface area contributed by atoms with E-state index in [-0.39, 0.29) is 18.3 Å². The standard InChI is InChI=1S/C26H37N2O4/c1-21(31-24-10-15-27(16-11-24)20-22-8-6-5-7-9-22)14-19-30-23-12-17-28(18-13-23)25(29)32-26(2,3)4/h5-11,15-16,21,23H,12-14,17-20H2,1-4H3/q+1. The Bertz CT molecular complexity index is 825. The molecule has 174 valence electrons. The van der Waals surface area contributed by atoms with Crippen molar-refractivity contribution in [3.63, 3.8) is 0 Å². The minimum atomic E-state index is -0.457. The minimum Gasteiger partial charge on any atom is -0.490 e. The lowest BCUT2D eigenvalue weighted by Gasteiger charge is -2.33. The van der Waals surface area contributed by atoms with Crippen LogP contribution in [0.1, 0.15) is 52.5 Å². The highest BCUT2D eigenvalue weighted by atomic mass is 16.6. The Morgan fingerprint density at radius 2 is 1.75 bits per heavy atom. The molecule has 1 unspecified atom stereocenters. The van der Waals surface area contributed by atoms with Crippen LogP contribution in [-0.2, 0) is 16.0 Å². The van der Waals surface area contributed by atoms with Crippen molar-refractivity contribution in [2.24, 2.45) is 0 Å². The third kappa shape index (κ3) is 8.15. The van der Waals surface area contributed by atoms with Gasteiger partial charge in [0, 0.05) is 37.2 Å². The predicted molar refractivity (Wildman–Crippen MR) is 124 cm³/mol. The monoisotopic (exact) mass is 441 g/mol. The van der Waals surface area contributed by atoms with E-state index in [1.54, 1.807) is 4.90 Å². The van der Waals surface area contributed by atoms with Crippen LogP contribution in [0.25, 0.3) is 0 Å². The van der Waals surface area contributed by atoms with Crippen LogP contribution in [-0.4, -0.2) is 48.5 Å². The summed E-state index contributed by atoms with van der Waals surface area (Å²) >= 11 is 0. The van der Waals surface area contributed by atoms with E-state index < -0.39 is 5.60 Å². The molecule has 0 saturated carbocycles. The largest absolute Gasteiger partial charge is 0.490 e. The molecule has 1 amide bonds. The van der Waals surface area contributed by atoms with E-state index in [1.165, 1.54) is 5.56 Å². The van der Waals surface area contributed by atoms with Crippen LogP contribution in [0.4, 0.5) is 4.79 Å². The normalized spacial score (nSPS) is 15.9. The highest BCUT2D eigenvalue weighted by Crippen LogP contribution is 2.18. The molecule has 1 aromatic carbocycles. The van der Waals surface area contributed by atoms with E-state index in [4.69, 9.17) is 14.2 Å². The summed E-state index contributed by atoms with van der Waals surface area (Å²) in [6.45, 7) is 10.6. The number of aromatic nitrogens is 1. The zero-order valence-corrected chi connectivity index (χ0v) is 19.8. The average molecular weight is 442 g/mol. The Labute approximate surface area is 192 Å². The summed E-state index contributed by atoms with van der Waals surface area (Å²) in [4.78, 5) is 13.9. The molecule has 0 radical (unpaired) electrons. The van der Waals surface area contributed by atoms with Crippen LogP contribution in [0.3, 0.4) is 0 Å². The van der Waals surface area contributed by atoms with Gasteiger partial charge >= 0.3 is 6.09 Å².